The zero-order valence-electron chi connectivity index (χ0n) is 8.84. The lowest BCUT2D eigenvalue weighted by Gasteiger charge is -2.12. The van der Waals surface area contributed by atoms with E-state index < -0.39 is 0 Å². The highest BCUT2D eigenvalue weighted by Crippen LogP contribution is 2.24. The molecule has 0 amide bonds. The molecule has 1 N–H and O–H groups in total. The van der Waals surface area contributed by atoms with Crippen molar-refractivity contribution in [2.24, 2.45) is 0 Å². The molecule has 14 heavy (non-hydrogen) atoms. The lowest BCUT2D eigenvalue weighted by molar-refractivity contribution is 0.647. The van der Waals surface area contributed by atoms with Crippen LogP contribution in [0.2, 0.25) is 0 Å². The summed E-state index contributed by atoms with van der Waals surface area (Å²) in [5.41, 5.74) is 4.26. The Labute approximate surface area is 92.3 Å². The van der Waals surface area contributed by atoms with Crippen LogP contribution in [-0.2, 0) is 0 Å². The summed E-state index contributed by atoms with van der Waals surface area (Å²) >= 11 is 0. The molecule has 2 heteroatoms. The molecule has 1 aromatic carbocycles. The summed E-state index contributed by atoms with van der Waals surface area (Å²) in [6.45, 7) is 5.53. The molecule has 0 aliphatic carbocycles. The van der Waals surface area contributed by atoms with E-state index in [1.54, 1.807) is 0 Å². The molecule has 1 heterocycles. The molecular weight excluding hydrogens is 194 g/mol. The van der Waals surface area contributed by atoms with Gasteiger partial charge in [-0.3, -0.25) is 0 Å². The first-order valence-electron chi connectivity index (χ1n) is 5.08. The summed E-state index contributed by atoms with van der Waals surface area (Å²) in [5, 5.41) is 3.52. The van der Waals surface area contributed by atoms with Gasteiger partial charge < -0.3 is 5.32 Å². The third-order valence-corrected chi connectivity index (χ3v) is 2.99. The fourth-order valence-corrected chi connectivity index (χ4v) is 1.95. The molecule has 2 rings (SSSR count). The highest BCUT2D eigenvalue weighted by atomic mass is 35.5. The van der Waals surface area contributed by atoms with Gasteiger partial charge in [-0.25, -0.2) is 0 Å². The average molecular weight is 212 g/mol. The van der Waals surface area contributed by atoms with Gasteiger partial charge in [0.25, 0.3) is 0 Å². The zero-order chi connectivity index (χ0) is 9.26. The van der Waals surface area contributed by atoms with Crippen LogP contribution in [-0.4, -0.2) is 6.54 Å². The minimum Gasteiger partial charge on any atom is -0.310 e. The van der Waals surface area contributed by atoms with Crippen LogP contribution in [0.5, 0.6) is 0 Å². The molecule has 0 bridgehead atoms. The maximum atomic E-state index is 3.52. The molecule has 1 atom stereocenters. The Morgan fingerprint density at radius 2 is 2.00 bits per heavy atom. The number of benzene rings is 1. The van der Waals surface area contributed by atoms with Gasteiger partial charge in [-0.2, -0.15) is 0 Å². The number of aryl methyl sites for hydroxylation is 2. The van der Waals surface area contributed by atoms with Crippen molar-refractivity contribution in [3.05, 3.63) is 34.9 Å². The maximum Gasteiger partial charge on any atom is 0.0320 e. The smallest absolute Gasteiger partial charge is 0.0320 e. The average Bonchev–Trinajstić information content (AvgIpc) is 2.62. The van der Waals surface area contributed by atoms with Gasteiger partial charge in [0, 0.05) is 6.04 Å². The lowest BCUT2D eigenvalue weighted by atomic mass is 10.0. The van der Waals surface area contributed by atoms with Gasteiger partial charge in [0.2, 0.25) is 0 Å². The van der Waals surface area contributed by atoms with E-state index in [4.69, 9.17) is 0 Å². The molecule has 1 nitrogen and oxygen atoms in total. The third-order valence-electron chi connectivity index (χ3n) is 2.99. The van der Waals surface area contributed by atoms with Crippen LogP contribution >= 0.6 is 12.4 Å². The first-order chi connectivity index (χ1) is 6.27. The largest absolute Gasteiger partial charge is 0.310 e. The van der Waals surface area contributed by atoms with Crippen LogP contribution in [0.3, 0.4) is 0 Å². The van der Waals surface area contributed by atoms with Gasteiger partial charge >= 0.3 is 0 Å². The van der Waals surface area contributed by atoms with Crippen molar-refractivity contribution in [3.8, 4) is 0 Å². The summed E-state index contributed by atoms with van der Waals surface area (Å²) in [4.78, 5) is 0. The zero-order valence-corrected chi connectivity index (χ0v) is 9.66. The monoisotopic (exact) mass is 211 g/mol. The maximum absolute atomic E-state index is 3.52. The Morgan fingerprint density at radius 3 is 2.57 bits per heavy atom. The predicted molar refractivity (Wildman–Crippen MR) is 63.1 cm³/mol. The second-order valence-corrected chi connectivity index (χ2v) is 3.99. The van der Waals surface area contributed by atoms with Crippen LogP contribution in [0.25, 0.3) is 0 Å². The number of hydrogen-bond donors (Lipinski definition) is 1. The van der Waals surface area contributed by atoms with Crippen LogP contribution < -0.4 is 5.32 Å². The third kappa shape index (κ3) is 2.28. The van der Waals surface area contributed by atoms with Gasteiger partial charge in [0.1, 0.15) is 0 Å². The summed E-state index contributed by atoms with van der Waals surface area (Å²) in [6, 6.07) is 7.41. The van der Waals surface area contributed by atoms with E-state index in [1.807, 2.05) is 0 Å². The Hall–Kier alpha value is -0.530. The molecular formula is C12H18ClN. The van der Waals surface area contributed by atoms with Gasteiger partial charge in [0.05, 0.1) is 0 Å². The van der Waals surface area contributed by atoms with Gasteiger partial charge in [-0.1, -0.05) is 18.2 Å². The molecule has 78 valence electrons. The Morgan fingerprint density at radius 1 is 1.21 bits per heavy atom. The topological polar surface area (TPSA) is 12.0 Å². The van der Waals surface area contributed by atoms with E-state index in [2.05, 4.69) is 37.4 Å². The molecule has 0 aromatic heterocycles. The molecule has 1 saturated heterocycles. The van der Waals surface area contributed by atoms with E-state index in [9.17, 15) is 0 Å². The Bertz CT molecular complexity index is 303. The van der Waals surface area contributed by atoms with Crippen molar-refractivity contribution < 1.29 is 0 Å². The van der Waals surface area contributed by atoms with E-state index in [-0.39, 0.29) is 12.4 Å². The molecule has 1 aromatic rings. The SMILES string of the molecule is Cc1ccc([C@@H]2CCCN2)cc1C.Cl. The summed E-state index contributed by atoms with van der Waals surface area (Å²) < 4.78 is 0. The van der Waals surface area contributed by atoms with Crippen molar-refractivity contribution >= 4 is 12.4 Å². The summed E-state index contributed by atoms with van der Waals surface area (Å²) in [6.07, 6.45) is 2.61. The molecule has 0 unspecified atom stereocenters. The molecule has 0 spiro atoms. The van der Waals surface area contributed by atoms with Gasteiger partial charge in [-0.05, 0) is 49.9 Å². The number of halogens is 1. The second kappa shape index (κ2) is 4.81. The van der Waals surface area contributed by atoms with E-state index in [0.717, 1.165) is 0 Å². The van der Waals surface area contributed by atoms with Crippen molar-refractivity contribution in [1.82, 2.24) is 5.32 Å². The predicted octanol–water partition coefficient (Wildman–Crippen LogP) is 3.15. The normalized spacial score (nSPS) is 20.6. The van der Waals surface area contributed by atoms with Crippen LogP contribution in [0.15, 0.2) is 18.2 Å². The molecule has 0 saturated carbocycles. The highest BCUT2D eigenvalue weighted by molar-refractivity contribution is 5.85. The Kier molecular flexibility index (Phi) is 3.97. The molecule has 1 aliphatic rings. The fraction of sp³-hybridized carbons (Fsp3) is 0.500. The first kappa shape index (κ1) is 11.5. The summed E-state index contributed by atoms with van der Waals surface area (Å²) in [5.74, 6) is 0. The fourth-order valence-electron chi connectivity index (χ4n) is 1.95. The second-order valence-electron chi connectivity index (χ2n) is 3.99. The highest BCUT2D eigenvalue weighted by Gasteiger charge is 2.15. The van der Waals surface area contributed by atoms with Crippen molar-refractivity contribution in [1.29, 1.82) is 0 Å². The number of nitrogens with one attached hydrogen (secondary N) is 1. The van der Waals surface area contributed by atoms with Crippen LogP contribution in [0.4, 0.5) is 0 Å². The standard InChI is InChI=1S/C12H17N.ClH/c1-9-5-6-11(8-10(9)2)12-4-3-7-13-12;/h5-6,8,12-13H,3-4,7H2,1-2H3;1H/t12-;/m0./s1. The van der Waals surface area contributed by atoms with Crippen LogP contribution in [0.1, 0.15) is 35.6 Å². The minimum atomic E-state index is 0. The molecule has 1 aliphatic heterocycles. The van der Waals surface area contributed by atoms with Crippen molar-refractivity contribution in [2.75, 3.05) is 6.54 Å². The van der Waals surface area contributed by atoms with E-state index >= 15 is 0 Å². The Balaban J connectivity index is 0.000000980. The minimum absolute atomic E-state index is 0. The van der Waals surface area contributed by atoms with Gasteiger partial charge in [-0.15, -0.1) is 12.4 Å². The van der Waals surface area contributed by atoms with E-state index in [0.29, 0.717) is 6.04 Å². The quantitative estimate of drug-likeness (QED) is 0.753. The van der Waals surface area contributed by atoms with Gasteiger partial charge in [0.15, 0.2) is 0 Å². The summed E-state index contributed by atoms with van der Waals surface area (Å²) in [7, 11) is 0. The lowest BCUT2D eigenvalue weighted by Crippen LogP contribution is -2.12. The van der Waals surface area contributed by atoms with Crippen molar-refractivity contribution in [3.63, 3.8) is 0 Å². The molecule has 0 radical (unpaired) electrons. The van der Waals surface area contributed by atoms with Crippen molar-refractivity contribution in [2.45, 2.75) is 32.7 Å². The first-order valence-corrected chi connectivity index (χ1v) is 5.08. The van der Waals surface area contributed by atoms with Crippen LogP contribution in [0, 0.1) is 13.8 Å². The molecule has 1 fully saturated rings. The number of rotatable bonds is 1. The number of hydrogen-bond acceptors (Lipinski definition) is 1. The van der Waals surface area contributed by atoms with E-state index in [1.165, 1.54) is 36.1 Å².